The van der Waals surface area contributed by atoms with Gasteiger partial charge in [0.25, 0.3) is 0 Å². The van der Waals surface area contributed by atoms with Gasteiger partial charge in [0.1, 0.15) is 5.82 Å². The van der Waals surface area contributed by atoms with Crippen molar-refractivity contribution in [3.05, 3.63) is 99.2 Å². The van der Waals surface area contributed by atoms with Crippen LogP contribution in [0, 0.1) is 5.82 Å². The van der Waals surface area contributed by atoms with E-state index in [4.69, 9.17) is 11.6 Å². The predicted octanol–water partition coefficient (Wildman–Crippen LogP) is 6.16. The van der Waals surface area contributed by atoms with Gasteiger partial charge in [-0.2, -0.15) is 26.3 Å². The van der Waals surface area contributed by atoms with Crippen molar-refractivity contribution in [3.63, 3.8) is 0 Å². The zero-order valence-electron chi connectivity index (χ0n) is 19.1. The Bertz CT molecular complexity index is 1510. The number of aromatic nitrogens is 3. The fourth-order valence-electron chi connectivity index (χ4n) is 3.85. The third-order valence-electron chi connectivity index (χ3n) is 5.59. The molecule has 1 unspecified atom stereocenters. The normalized spacial score (nSPS) is 13.1. The van der Waals surface area contributed by atoms with Crippen LogP contribution in [0.15, 0.2) is 71.5 Å². The van der Waals surface area contributed by atoms with Crippen molar-refractivity contribution in [1.29, 1.82) is 0 Å². The maximum absolute atomic E-state index is 14.5. The molecule has 4 rings (SSSR count). The summed E-state index contributed by atoms with van der Waals surface area (Å²) in [4.78, 5) is 13.0. The second kappa shape index (κ2) is 10.3. The highest BCUT2D eigenvalue weighted by Gasteiger charge is 2.39. The van der Waals surface area contributed by atoms with Crippen molar-refractivity contribution >= 4 is 11.6 Å². The number of aliphatic hydroxyl groups is 1. The van der Waals surface area contributed by atoms with Gasteiger partial charge >= 0.3 is 18.0 Å². The average Bonchev–Trinajstić information content (AvgIpc) is 3.13. The van der Waals surface area contributed by atoms with Gasteiger partial charge in [0.15, 0.2) is 11.9 Å². The van der Waals surface area contributed by atoms with Crippen LogP contribution in [0.25, 0.3) is 22.5 Å². The molecule has 0 radical (unpaired) electrons. The summed E-state index contributed by atoms with van der Waals surface area (Å²) in [6, 6.07) is 13.3. The van der Waals surface area contributed by atoms with E-state index in [2.05, 4.69) is 5.10 Å². The van der Waals surface area contributed by atoms with Gasteiger partial charge in [0.2, 0.25) is 0 Å². The van der Waals surface area contributed by atoms with Crippen LogP contribution in [0.1, 0.15) is 11.1 Å². The largest absolute Gasteiger partial charge is 0.417 e. The zero-order chi connectivity index (χ0) is 27.8. The van der Waals surface area contributed by atoms with Crippen molar-refractivity contribution in [3.8, 4) is 22.5 Å². The molecule has 0 aliphatic heterocycles. The van der Waals surface area contributed by atoms with Gasteiger partial charge in [-0.1, -0.05) is 29.8 Å². The summed E-state index contributed by atoms with van der Waals surface area (Å²) in [6.45, 7) is -1.65. The van der Waals surface area contributed by atoms with Crippen molar-refractivity contribution in [2.75, 3.05) is 0 Å². The number of benzene rings is 3. The molecule has 3 aromatic carbocycles. The molecule has 0 bridgehead atoms. The number of nitrogens with zero attached hydrogens (tertiary/aromatic N) is 3. The minimum absolute atomic E-state index is 0.0303. The Hall–Kier alpha value is -3.64. The average molecular weight is 560 g/mol. The summed E-state index contributed by atoms with van der Waals surface area (Å²) in [5.41, 5.74) is -2.23. The molecule has 0 aliphatic carbocycles. The van der Waals surface area contributed by atoms with Crippen LogP contribution in [0.4, 0.5) is 30.7 Å². The highest BCUT2D eigenvalue weighted by atomic mass is 35.5. The van der Waals surface area contributed by atoms with E-state index in [0.29, 0.717) is 9.59 Å². The molecule has 1 atom stereocenters. The fourth-order valence-corrected chi connectivity index (χ4v) is 3.98. The van der Waals surface area contributed by atoms with Crippen molar-refractivity contribution < 1.29 is 35.8 Å². The molecule has 1 heterocycles. The summed E-state index contributed by atoms with van der Waals surface area (Å²) in [5.74, 6) is -1.12. The molecule has 4 aromatic rings. The van der Waals surface area contributed by atoms with Gasteiger partial charge in [0.05, 0.1) is 18.7 Å². The van der Waals surface area contributed by atoms with Crippen molar-refractivity contribution in [2.24, 2.45) is 0 Å². The number of aliphatic hydroxyl groups excluding tert-OH is 1. The van der Waals surface area contributed by atoms with Gasteiger partial charge in [0, 0.05) is 10.6 Å². The molecule has 38 heavy (non-hydrogen) atoms. The fraction of sp³-hybridized carbons (Fsp3) is 0.200. The maximum Gasteiger partial charge on any atom is 0.417 e. The Balaban J connectivity index is 1.78. The molecule has 1 aromatic heterocycles. The maximum atomic E-state index is 14.5. The summed E-state index contributed by atoms with van der Waals surface area (Å²) >= 11 is 5.86. The molecule has 1 N–H and O–H groups in total. The van der Waals surface area contributed by atoms with Crippen LogP contribution in [0.3, 0.4) is 0 Å². The van der Waals surface area contributed by atoms with E-state index in [-0.39, 0.29) is 28.1 Å². The Morgan fingerprint density at radius 3 is 2.21 bits per heavy atom. The lowest BCUT2D eigenvalue weighted by molar-refractivity contribution is -0.207. The van der Waals surface area contributed by atoms with Gasteiger partial charge in [-0.15, -0.1) is 5.10 Å². The third-order valence-corrected chi connectivity index (χ3v) is 5.84. The summed E-state index contributed by atoms with van der Waals surface area (Å²) < 4.78 is 95.4. The van der Waals surface area contributed by atoms with Crippen molar-refractivity contribution in [2.45, 2.75) is 31.5 Å². The first-order valence-corrected chi connectivity index (χ1v) is 11.3. The van der Waals surface area contributed by atoms with Crippen LogP contribution in [-0.4, -0.2) is 31.7 Å². The number of hydrogen-bond donors (Lipinski definition) is 1. The lowest BCUT2D eigenvalue weighted by Crippen LogP contribution is -2.37. The van der Waals surface area contributed by atoms with Crippen LogP contribution in [0.5, 0.6) is 0 Å². The molecular weight excluding hydrogens is 543 g/mol. The van der Waals surface area contributed by atoms with Gasteiger partial charge in [-0.05, 0) is 65.2 Å². The SMILES string of the molecule is O=c1n(Cc2cc(F)cc(-c3ccccc3C(F)(F)F)c2)nc(-c2ccc(Cl)cc2)n1CC(O)C(F)(F)F. The van der Waals surface area contributed by atoms with Gasteiger partial charge < -0.3 is 5.11 Å². The molecule has 13 heteroatoms. The van der Waals surface area contributed by atoms with E-state index in [9.17, 15) is 40.6 Å². The van der Waals surface area contributed by atoms with E-state index >= 15 is 0 Å². The van der Waals surface area contributed by atoms with E-state index < -0.39 is 48.6 Å². The second-order valence-corrected chi connectivity index (χ2v) is 8.77. The molecule has 0 saturated carbocycles. The number of halogens is 8. The number of hydrogen-bond acceptors (Lipinski definition) is 3. The Morgan fingerprint density at radius 1 is 0.921 bits per heavy atom. The van der Waals surface area contributed by atoms with Crippen molar-refractivity contribution in [1.82, 2.24) is 14.3 Å². The molecule has 200 valence electrons. The van der Waals surface area contributed by atoms with E-state index in [1.165, 1.54) is 48.5 Å². The van der Waals surface area contributed by atoms with Crippen LogP contribution >= 0.6 is 11.6 Å². The molecule has 0 amide bonds. The Morgan fingerprint density at radius 2 is 1.58 bits per heavy atom. The number of alkyl halides is 6. The zero-order valence-corrected chi connectivity index (χ0v) is 19.8. The Labute approximate surface area is 215 Å². The highest BCUT2D eigenvalue weighted by molar-refractivity contribution is 6.30. The summed E-state index contributed by atoms with van der Waals surface area (Å²) in [5, 5.41) is 14.0. The molecule has 0 fully saturated rings. The first-order chi connectivity index (χ1) is 17.7. The first-order valence-electron chi connectivity index (χ1n) is 10.9. The third kappa shape index (κ3) is 5.91. The lowest BCUT2D eigenvalue weighted by atomic mass is 9.97. The quantitative estimate of drug-likeness (QED) is 0.288. The summed E-state index contributed by atoms with van der Waals surface area (Å²) in [6.07, 6.45) is -12.6. The molecular formula is C25H17ClF7N3O2. The van der Waals surface area contributed by atoms with Crippen LogP contribution in [-0.2, 0) is 19.3 Å². The molecule has 0 spiro atoms. The monoisotopic (exact) mass is 559 g/mol. The smallest absolute Gasteiger partial charge is 0.382 e. The topological polar surface area (TPSA) is 60.0 Å². The van der Waals surface area contributed by atoms with E-state index in [0.717, 1.165) is 22.9 Å². The minimum Gasteiger partial charge on any atom is -0.382 e. The first kappa shape index (κ1) is 27.4. The van der Waals surface area contributed by atoms with Gasteiger partial charge in [-0.3, -0.25) is 4.57 Å². The van der Waals surface area contributed by atoms with Crippen LogP contribution < -0.4 is 5.69 Å². The minimum atomic E-state index is -5.03. The summed E-state index contributed by atoms with van der Waals surface area (Å²) in [7, 11) is 0. The Kier molecular flexibility index (Phi) is 7.39. The van der Waals surface area contributed by atoms with Gasteiger partial charge in [-0.25, -0.2) is 13.9 Å². The van der Waals surface area contributed by atoms with E-state index in [1.807, 2.05) is 0 Å². The molecule has 0 aliphatic rings. The molecule has 0 saturated heterocycles. The standard InChI is InChI=1S/C25H17ClF7N3O2/c26-17-7-5-15(6-8-17)22-34-36(23(38)35(22)13-21(37)25(31,32)33)12-14-9-16(11-18(27)10-14)19-3-1-2-4-20(19)24(28,29)30/h1-11,21,37H,12-13H2. The number of rotatable bonds is 6. The second-order valence-electron chi connectivity index (χ2n) is 8.33. The molecule has 5 nitrogen and oxygen atoms in total. The predicted molar refractivity (Wildman–Crippen MR) is 125 cm³/mol. The highest BCUT2D eigenvalue weighted by Crippen LogP contribution is 2.37. The van der Waals surface area contributed by atoms with E-state index in [1.54, 1.807) is 0 Å². The van der Waals surface area contributed by atoms with Crippen LogP contribution in [0.2, 0.25) is 5.02 Å². The lowest BCUT2D eigenvalue weighted by Gasteiger charge is -2.15.